The lowest BCUT2D eigenvalue weighted by molar-refractivity contribution is -0.130. The number of methoxy groups -OCH3 is 3. The predicted octanol–water partition coefficient (Wildman–Crippen LogP) is 3.04. The van der Waals surface area contributed by atoms with Crippen LogP contribution in [0.4, 0.5) is 0 Å². The van der Waals surface area contributed by atoms with E-state index in [1.807, 2.05) is 0 Å². The third-order valence-electron chi connectivity index (χ3n) is 3.39. The highest BCUT2D eigenvalue weighted by Gasteiger charge is 2.15. The van der Waals surface area contributed by atoms with Crippen molar-refractivity contribution in [3.05, 3.63) is 47.5 Å². The molecule has 2 rings (SSSR count). The fourth-order valence-electron chi connectivity index (χ4n) is 2.29. The molecule has 2 aromatic rings. The highest BCUT2D eigenvalue weighted by molar-refractivity contribution is 6.20. The second-order valence-corrected chi connectivity index (χ2v) is 4.87. The fourth-order valence-corrected chi connectivity index (χ4v) is 2.29. The molecule has 2 aromatic carbocycles. The maximum absolute atomic E-state index is 11.6. The van der Waals surface area contributed by atoms with Gasteiger partial charge in [0, 0.05) is 0 Å². The third-order valence-corrected chi connectivity index (χ3v) is 3.39. The molecule has 0 aliphatic carbocycles. The molecule has 0 bridgehead atoms. The van der Waals surface area contributed by atoms with Crippen LogP contribution < -0.4 is 14.2 Å². The van der Waals surface area contributed by atoms with Crippen LogP contribution in [0.2, 0.25) is 0 Å². The summed E-state index contributed by atoms with van der Waals surface area (Å²) in [4.78, 5) is 11.6. The van der Waals surface area contributed by atoms with Crippen molar-refractivity contribution in [1.29, 1.82) is 0 Å². The van der Waals surface area contributed by atoms with Gasteiger partial charge in [0.1, 0.15) is 5.75 Å². The average Bonchev–Trinajstić information content (AvgIpc) is 2.58. The normalized spacial score (nSPS) is 11.0. The Morgan fingerprint density at radius 3 is 2.08 bits per heavy atom. The molecule has 0 atom stereocenters. The Hall–Kier alpha value is -3.15. The van der Waals surface area contributed by atoms with Crippen molar-refractivity contribution < 1.29 is 29.2 Å². The number of aromatic hydroxyl groups is 1. The number of aliphatic carboxylic acids is 1. The summed E-state index contributed by atoms with van der Waals surface area (Å²) < 4.78 is 15.8. The first-order valence-electron chi connectivity index (χ1n) is 7.04. The summed E-state index contributed by atoms with van der Waals surface area (Å²) in [5.41, 5.74) is 0.974. The van der Waals surface area contributed by atoms with Gasteiger partial charge in [-0.05, 0) is 41.5 Å². The number of hydrogen-bond donors (Lipinski definition) is 2. The highest BCUT2D eigenvalue weighted by Crippen LogP contribution is 2.39. The van der Waals surface area contributed by atoms with Gasteiger partial charge in [0.15, 0.2) is 11.5 Å². The van der Waals surface area contributed by atoms with Gasteiger partial charge in [-0.3, -0.25) is 0 Å². The van der Waals surface area contributed by atoms with Gasteiger partial charge in [0.05, 0.1) is 26.9 Å². The van der Waals surface area contributed by atoms with Crippen LogP contribution >= 0.6 is 0 Å². The second-order valence-electron chi connectivity index (χ2n) is 4.87. The minimum Gasteiger partial charge on any atom is -0.508 e. The number of hydrogen-bond acceptors (Lipinski definition) is 5. The van der Waals surface area contributed by atoms with Crippen LogP contribution in [0.15, 0.2) is 36.4 Å². The minimum atomic E-state index is -1.12. The first-order valence-corrected chi connectivity index (χ1v) is 7.04. The van der Waals surface area contributed by atoms with Crippen molar-refractivity contribution in [3.63, 3.8) is 0 Å². The molecule has 0 aliphatic heterocycles. The lowest BCUT2D eigenvalue weighted by Gasteiger charge is -2.13. The SMILES string of the molecule is COc1cc(/C=C(\C(=O)O)c2cccc(O)c2)cc(OC)c1OC. The summed E-state index contributed by atoms with van der Waals surface area (Å²) in [7, 11) is 4.46. The zero-order chi connectivity index (χ0) is 17.7. The zero-order valence-electron chi connectivity index (χ0n) is 13.6. The third kappa shape index (κ3) is 3.60. The minimum absolute atomic E-state index is 0.00968. The Kier molecular flexibility index (Phi) is 5.31. The highest BCUT2D eigenvalue weighted by atomic mass is 16.5. The first-order chi connectivity index (χ1) is 11.5. The zero-order valence-corrected chi connectivity index (χ0v) is 13.6. The van der Waals surface area contributed by atoms with Crippen molar-refractivity contribution in [2.24, 2.45) is 0 Å². The molecule has 0 amide bonds. The van der Waals surface area contributed by atoms with Gasteiger partial charge < -0.3 is 24.4 Å². The molecule has 0 aliphatic rings. The van der Waals surface area contributed by atoms with Crippen LogP contribution in [-0.4, -0.2) is 37.5 Å². The van der Waals surface area contributed by atoms with E-state index in [1.165, 1.54) is 39.5 Å². The topological polar surface area (TPSA) is 85.2 Å². The number of ether oxygens (including phenoxy) is 3. The van der Waals surface area contributed by atoms with Gasteiger partial charge in [-0.2, -0.15) is 0 Å². The van der Waals surface area contributed by atoms with E-state index < -0.39 is 5.97 Å². The van der Waals surface area contributed by atoms with Gasteiger partial charge in [-0.15, -0.1) is 0 Å². The molecule has 0 aromatic heterocycles. The molecule has 0 saturated carbocycles. The Morgan fingerprint density at radius 2 is 1.62 bits per heavy atom. The van der Waals surface area contributed by atoms with Crippen molar-refractivity contribution >= 4 is 17.6 Å². The molecule has 24 heavy (non-hydrogen) atoms. The van der Waals surface area contributed by atoms with E-state index >= 15 is 0 Å². The van der Waals surface area contributed by atoms with Gasteiger partial charge in [-0.25, -0.2) is 4.79 Å². The molecule has 126 valence electrons. The molecule has 0 saturated heterocycles. The van der Waals surface area contributed by atoms with E-state index in [-0.39, 0.29) is 11.3 Å². The van der Waals surface area contributed by atoms with E-state index in [0.29, 0.717) is 28.4 Å². The number of carbonyl (C=O) groups is 1. The fraction of sp³-hybridized carbons (Fsp3) is 0.167. The molecule has 2 N–H and O–H groups in total. The molecule has 6 heteroatoms. The number of carboxylic acids is 1. The average molecular weight is 330 g/mol. The van der Waals surface area contributed by atoms with Crippen LogP contribution in [0.1, 0.15) is 11.1 Å². The number of benzene rings is 2. The van der Waals surface area contributed by atoms with Crippen LogP contribution in [0.3, 0.4) is 0 Å². The lowest BCUT2D eigenvalue weighted by atomic mass is 10.0. The van der Waals surface area contributed by atoms with Gasteiger partial charge in [0.25, 0.3) is 0 Å². The predicted molar refractivity (Wildman–Crippen MR) is 89.7 cm³/mol. The molecule has 6 nitrogen and oxygen atoms in total. The van der Waals surface area contributed by atoms with Crippen LogP contribution in [0, 0.1) is 0 Å². The van der Waals surface area contributed by atoms with E-state index in [4.69, 9.17) is 14.2 Å². The molecule has 0 spiro atoms. The quantitative estimate of drug-likeness (QED) is 0.625. The number of phenols is 1. The molecule has 0 radical (unpaired) electrons. The van der Waals surface area contributed by atoms with Gasteiger partial charge in [0.2, 0.25) is 5.75 Å². The van der Waals surface area contributed by atoms with Gasteiger partial charge in [-0.1, -0.05) is 12.1 Å². The molecule has 0 fully saturated rings. The second kappa shape index (κ2) is 7.41. The van der Waals surface area contributed by atoms with E-state index in [0.717, 1.165) is 0 Å². The molecular formula is C18H18O6. The Bertz CT molecular complexity index is 754. The summed E-state index contributed by atoms with van der Waals surface area (Å²) in [5, 5.41) is 19.1. The van der Waals surface area contributed by atoms with Gasteiger partial charge >= 0.3 is 5.97 Å². The van der Waals surface area contributed by atoms with Crippen LogP contribution in [-0.2, 0) is 4.79 Å². The summed E-state index contributed by atoms with van der Waals surface area (Å²) in [5.74, 6) is 0.137. The molecule has 0 heterocycles. The summed E-state index contributed by atoms with van der Waals surface area (Å²) in [6.45, 7) is 0. The maximum atomic E-state index is 11.6. The largest absolute Gasteiger partial charge is 0.508 e. The van der Waals surface area contributed by atoms with Crippen molar-refractivity contribution in [2.45, 2.75) is 0 Å². The molecule has 0 unspecified atom stereocenters. The maximum Gasteiger partial charge on any atom is 0.336 e. The number of rotatable bonds is 6. The summed E-state index contributed by atoms with van der Waals surface area (Å²) >= 11 is 0. The standard InChI is InChI=1S/C18H18O6/c1-22-15-8-11(9-16(23-2)17(15)24-3)7-14(18(20)21)12-5-4-6-13(19)10-12/h4-10,19H,1-3H3,(H,20,21)/b14-7-. The van der Waals surface area contributed by atoms with E-state index in [1.54, 1.807) is 24.3 Å². The van der Waals surface area contributed by atoms with Crippen LogP contribution in [0.25, 0.3) is 11.6 Å². The monoisotopic (exact) mass is 330 g/mol. The number of phenolic OH excluding ortho intramolecular Hbond substituents is 1. The Morgan fingerprint density at radius 1 is 1.00 bits per heavy atom. The smallest absolute Gasteiger partial charge is 0.336 e. The summed E-state index contributed by atoms with van der Waals surface area (Å²) in [6, 6.07) is 9.34. The van der Waals surface area contributed by atoms with E-state index in [9.17, 15) is 15.0 Å². The Labute approximate surface area is 139 Å². The Balaban J connectivity index is 2.60. The van der Waals surface area contributed by atoms with Crippen molar-refractivity contribution in [3.8, 4) is 23.0 Å². The van der Waals surface area contributed by atoms with Crippen molar-refractivity contribution in [1.82, 2.24) is 0 Å². The first kappa shape index (κ1) is 17.2. The van der Waals surface area contributed by atoms with Crippen molar-refractivity contribution in [2.75, 3.05) is 21.3 Å². The summed E-state index contributed by atoms with van der Waals surface area (Å²) in [6.07, 6.45) is 1.47. The van der Waals surface area contributed by atoms with E-state index in [2.05, 4.69) is 0 Å². The molecular weight excluding hydrogens is 312 g/mol. The number of carboxylic acid groups (broad SMARTS) is 1. The van der Waals surface area contributed by atoms with Crippen LogP contribution in [0.5, 0.6) is 23.0 Å². The lowest BCUT2D eigenvalue weighted by Crippen LogP contribution is -2.00.